The average molecular weight is 377 g/mol. The number of fused-ring (bicyclic) bond motifs is 1. The van der Waals surface area contributed by atoms with Gasteiger partial charge >= 0.3 is 5.97 Å². The van der Waals surface area contributed by atoms with Gasteiger partial charge in [0.05, 0.1) is 26.1 Å². The van der Waals surface area contributed by atoms with Crippen LogP contribution in [-0.2, 0) is 9.53 Å². The molecule has 1 aromatic heterocycles. The summed E-state index contributed by atoms with van der Waals surface area (Å²) >= 11 is 0. The Balaban J connectivity index is 1.65. The number of aromatic amines is 1. The van der Waals surface area contributed by atoms with Gasteiger partial charge in [-0.15, -0.1) is 0 Å². The van der Waals surface area contributed by atoms with Crippen molar-refractivity contribution in [3.05, 3.63) is 71.9 Å². The number of ketones is 1. The van der Waals surface area contributed by atoms with Crippen molar-refractivity contribution in [1.29, 1.82) is 0 Å². The maximum atomic E-state index is 13.7. The van der Waals surface area contributed by atoms with Crippen LogP contribution in [0.5, 0.6) is 0 Å². The van der Waals surface area contributed by atoms with E-state index in [1.165, 1.54) is 12.0 Å². The number of aromatic nitrogens is 1. The molecule has 1 saturated heterocycles. The number of esters is 1. The molecule has 2 aromatic carbocycles. The van der Waals surface area contributed by atoms with Crippen molar-refractivity contribution in [3.8, 4) is 0 Å². The van der Waals surface area contributed by atoms with E-state index in [0.29, 0.717) is 0 Å². The molecule has 28 heavy (non-hydrogen) atoms. The fourth-order valence-electron chi connectivity index (χ4n) is 4.33. The standard InChI is InChI=1S/C23H24N2O3/c1-28-23(27)17-11-13-25(14-12-17)21(16-7-3-2-4-8-16)22(26)19-15-24-20-10-6-5-9-18(19)20/h2-10,15,17,21,24H,11-14H2,1H3/p+1/t21-/m1/s1. The molecule has 0 bridgehead atoms. The molecule has 1 aliphatic heterocycles. The average Bonchev–Trinajstić information content (AvgIpc) is 3.19. The molecule has 144 valence electrons. The number of carbonyl (C=O) groups excluding carboxylic acids is 2. The number of hydrogen-bond acceptors (Lipinski definition) is 3. The Kier molecular flexibility index (Phi) is 5.26. The third-order valence-electron chi connectivity index (χ3n) is 5.82. The van der Waals surface area contributed by atoms with Crippen molar-refractivity contribution in [2.75, 3.05) is 20.2 Å². The van der Waals surface area contributed by atoms with Crippen LogP contribution < -0.4 is 4.90 Å². The molecule has 1 fully saturated rings. The molecule has 0 aliphatic carbocycles. The second kappa shape index (κ2) is 7.98. The van der Waals surface area contributed by atoms with E-state index in [9.17, 15) is 9.59 Å². The normalized spacial score (nSPS) is 20.6. The number of benzene rings is 2. The molecule has 0 radical (unpaired) electrons. The lowest BCUT2D eigenvalue weighted by molar-refractivity contribution is -0.926. The van der Waals surface area contributed by atoms with Crippen molar-refractivity contribution in [2.45, 2.75) is 18.9 Å². The summed E-state index contributed by atoms with van der Waals surface area (Å²) in [6.07, 6.45) is 3.31. The van der Waals surface area contributed by atoms with Gasteiger partial charge in [-0.1, -0.05) is 48.5 Å². The first-order valence-electron chi connectivity index (χ1n) is 9.76. The van der Waals surface area contributed by atoms with Gasteiger partial charge in [-0.2, -0.15) is 0 Å². The van der Waals surface area contributed by atoms with Gasteiger partial charge in [0.25, 0.3) is 0 Å². The Morgan fingerprint density at radius 3 is 2.43 bits per heavy atom. The van der Waals surface area contributed by atoms with Gasteiger partial charge in [-0.3, -0.25) is 9.59 Å². The number of hydrogen-bond donors (Lipinski definition) is 2. The highest BCUT2D eigenvalue weighted by molar-refractivity contribution is 6.10. The van der Waals surface area contributed by atoms with E-state index in [4.69, 9.17) is 4.74 Å². The smallest absolute Gasteiger partial charge is 0.309 e. The second-order valence-corrected chi connectivity index (χ2v) is 7.41. The minimum Gasteiger partial charge on any atom is -0.469 e. The van der Waals surface area contributed by atoms with Crippen LogP contribution in [0, 0.1) is 5.92 Å². The lowest BCUT2D eigenvalue weighted by atomic mass is 9.91. The first-order chi connectivity index (χ1) is 13.7. The van der Waals surface area contributed by atoms with Crippen LogP contribution in [0.2, 0.25) is 0 Å². The molecular formula is C23H25N2O3+. The first-order valence-corrected chi connectivity index (χ1v) is 9.76. The fraction of sp³-hybridized carbons (Fsp3) is 0.304. The summed E-state index contributed by atoms with van der Waals surface area (Å²) in [5.74, 6) is -0.0817. The summed E-state index contributed by atoms with van der Waals surface area (Å²) in [7, 11) is 1.44. The number of para-hydroxylation sites is 1. The maximum absolute atomic E-state index is 13.7. The summed E-state index contributed by atoms with van der Waals surface area (Å²) in [4.78, 5) is 30.0. The van der Waals surface area contributed by atoms with E-state index in [1.54, 1.807) is 0 Å². The summed E-state index contributed by atoms with van der Waals surface area (Å²) in [5, 5.41) is 0.956. The number of rotatable bonds is 5. The third-order valence-corrected chi connectivity index (χ3v) is 5.82. The van der Waals surface area contributed by atoms with E-state index in [1.807, 2.05) is 60.8 Å². The Morgan fingerprint density at radius 1 is 1.04 bits per heavy atom. The Morgan fingerprint density at radius 2 is 1.71 bits per heavy atom. The molecular weight excluding hydrogens is 352 g/mol. The molecule has 5 heteroatoms. The second-order valence-electron chi connectivity index (χ2n) is 7.41. The Bertz CT molecular complexity index is 972. The Labute approximate surface area is 164 Å². The van der Waals surface area contributed by atoms with E-state index < -0.39 is 0 Å². The van der Waals surface area contributed by atoms with Crippen LogP contribution in [-0.4, -0.2) is 36.9 Å². The number of carbonyl (C=O) groups is 2. The number of nitrogens with one attached hydrogen (secondary N) is 2. The number of piperidine rings is 1. The van der Waals surface area contributed by atoms with Gasteiger partial charge in [-0.25, -0.2) is 0 Å². The zero-order valence-electron chi connectivity index (χ0n) is 16.0. The van der Waals surface area contributed by atoms with Gasteiger partial charge in [0, 0.05) is 41.1 Å². The highest BCUT2D eigenvalue weighted by Gasteiger charge is 2.37. The minimum absolute atomic E-state index is 0.0617. The molecule has 4 rings (SSSR count). The monoisotopic (exact) mass is 377 g/mol. The number of Topliss-reactive ketones (excluding diaryl/α,β-unsaturated/α-hetero) is 1. The lowest BCUT2D eigenvalue weighted by Crippen LogP contribution is -3.14. The predicted octanol–water partition coefficient (Wildman–Crippen LogP) is 2.56. The van der Waals surface area contributed by atoms with Crippen molar-refractivity contribution in [3.63, 3.8) is 0 Å². The topological polar surface area (TPSA) is 63.6 Å². The molecule has 1 atom stereocenters. The van der Waals surface area contributed by atoms with Crippen molar-refractivity contribution < 1.29 is 19.2 Å². The lowest BCUT2D eigenvalue weighted by Gasteiger charge is -2.33. The van der Waals surface area contributed by atoms with Crippen LogP contribution in [0.4, 0.5) is 0 Å². The molecule has 0 amide bonds. The van der Waals surface area contributed by atoms with Gasteiger partial charge < -0.3 is 14.6 Å². The molecule has 0 unspecified atom stereocenters. The number of ether oxygens (including phenoxy) is 1. The highest BCUT2D eigenvalue weighted by atomic mass is 16.5. The van der Waals surface area contributed by atoms with Crippen LogP contribution in [0.3, 0.4) is 0 Å². The number of methoxy groups -OCH3 is 1. The van der Waals surface area contributed by atoms with Gasteiger partial charge in [0.2, 0.25) is 5.78 Å². The Hall–Kier alpha value is -2.92. The summed E-state index contributed by atoms with van der Waals surface area (Å²) in [6, 6.07) is 17.6. The first kappa shape index (κ1) is 18.4. The number of H-pyrrole nitrogens is 1. The molecule has 1 aliphatic rings. The molecule has 0 spiro atoms. The molecule has 3 aromatic rings. The van der Waals surface area contributed by atoms with Gasteiger partial charge in [0.15, 0.2) is 6.04 Å². The van der Waals surface area contributed by atoms with Gasteiger partial charge in [-0.05, 0) is 6.07 Å². The predicted molar refractivity (Wildman–Crippen MR) is 107 cm³/mol. The van der Waals surface area contributed by atoms with Crippen LogP contribution in [0.15, 0.2) is 60.8 Å². The molecule has 2 heterocycles. The number of quaternary nitrogens is 1. The molecule has 5 nitrogen and oxygen atoms in total. The van der Waals surface area contributed by atoms with E-state index in [2.05, 4.69) is 4.98 Å². The third kappa shape index (κ3) is 3.45. The van der Waals surface area contributed by atoms with Crippen LogP contribution in [0.1, 0.15) is 34.8 Å². The maximum Gasteiger partial charge on any atom is 0.309 e. The molecule has 2 N–H and O–H groups in total. The summed E-state index contributed by atoms with van der Waals surface area (Å²) in [6.45, 7) is 1.54. The van der Waals surface area contributed by atoms with Crippen molar-refractivity contribution in [1.82, 2.24) is 4.98 Å². The molecule has 0 saturated carbocycles. The van der Waals surface area contributed by atoms with Crippen LogP contribution >= 0.6 is 0 Å². The highest BCUT2D eigenvalue weighted by Crippen LogP contribution is 2.24. The van der Waals surface area contributed by atoms with E-state index in [0.717, 1.165) is 48.0 Å². The minimum atomic E-state index is -0.279. The summed E-state index contributed by atoms with van der Waals surface area (Å²) < 4.78 is 4.91. The zero-order chi connectivity index (χ0) is 19.5. The van der Waals surface area contributed by atoms with Crippen molar-refractivity contribution >= 4 is 22.7 Å². The van der Waals surface area contributed by atoms with Crippen molar-refractivity contribution in [2.24, 2.45) is 5.92 Å². The largest absolute Gasteiger partial charge is 0.469 e. The van der Waals surface area contributed by atoms with E-state index in [-0.39, 0.29) is 23.7 Å². The van der Waals surface area contributed by atoms with Crippen LogP contribution in [0.25, 0.3) is 10.9 Å². The number of likely N-dealkylation sites (tertiary alicyclic amines) is 1. The fourth-order valence-corrected chi connectivity index (χ4v) is 4.33. The SMILES string of the molecule is COC(=O)C1CC[NH+]([C@@H](C(=O)c2c[nH]c3ccccc23)c2ccccc2)CC1. The van der Waals surface area contributed by atoms with E-state index >= 15 is 0 Å². The summed E-state index contributed by atoms with van der Waals surface area (Å²) in [5.41, 5.74) is 2.72. The zero-order valence-corrected chi connectivity index (χ0v) is 16.0. The van der Waals surface area contributed by atoms with Gasteiger partial charge in [0.1, 0.15) is 0 Å². The quantitative estimate of drug-likeness (QED) is 0.531.